The molecule has 110 valence electrons. The molecule has 0 atom stereocenters. The lowest BCUT2D eigenvalue weighted by atomic mass is 10.1. The summed E-state index contributed by atoms with van der Waals surface area (Å²) in [4.78, 5) is 16.6. The molecule has 0 aliphatic heterocycles. The smallest absolute Gasteiger partial charge is 0.251 e. The summed E-state index contributed by atoms with van der Waals surface area (Å²) in [5.74, 6) is 0.534. The number of rotatable bonds is 4. The van der Waals surface area contributed by atoms with E-state index in [0.29, 0.717) is 17.9 Å². The highest BCUT2D eigenvalue weighted by Gasteiger charge is 2.06. The highest BCUT2D eigenvalue weighted by molar-refractivity contribution is 5.94. The fourth-order valence-electron chi connectivity index (χ4n) is 2.26. The van der Waals surface area contributed by atoms with E-state index in [1.165, 1.54) is 0 Å². The first-order valence-electron chi connectivity index (χ1n) is 7.02. The fraction of sp³-hybridized carbons (Fsp3) is 0.111. The van der Waals surface area contributed by atoms with Crippen LogP contribution in [0.3, 0.4) is 0 Å². The Morgan fingerprint density at radius 3 is 2.86 bits per heavy atom. The molecule has 1 amide bonds. The van der Waals surface area contributed by atoms with Gasteiger partial charge >= 0.3 is 0 Å². The van der Waals surface area contributed by atoms with Crippen molar-refractivity contribution in [3.8, 4) is 5.75 Å². The van der Waals surface area contributed by atoms with Crippen molar-refractivity contribution in [3.05, 3.63) is 71.9 Å². The van der Waals surface area contributed by atoms with Crippen molar-refractivity contribution in [1.82, 2.24) is 10.3 Å². The predicted molar refractivity (Wildman–Crippen MR) is 85.9 cm³/mol. The Kier molecular flexibility index (Phi) is 4.01. The summed E-state index contributed by atoms with van der Waals surface area (Å²) in [6, 6.07) is 17.0. The average Bonchev–Trinajstić information content (AvgIpc) is 2.59. The summed E-state index contributed by atoms with van der Waals surface area (Å²) in [6.07, 6.45) is 1.79. The number of pyridine rings is 1. The molecule has 0 saturated heterocycles. The van der Waals surface area contributed by atoms with Crippen LogP contribution in [0, 0.1) is 0 Å². The number of fused-ring (bicyclic) bond motifs is 1. The number of ether oxygens (including phenoxy) is 1. The monoisotopic (exact) mass is 292 g/mol. The van der Waals surface area contributed by atoms with E-state index in [4.69, 9.17) is 4.74 Å². The highest BCUT2D eigenvalue weighted by atomic mass is 16.5. The number of nitrogens with one attached hydrogen (secondary N) is 1. The molecule has 0 bridgehead atoms. The molecule has 1 N–H and O–H groups in total. The Balaban J connectivity index is 1.71. The van der Waals surface area contributed by atoms with Crippen molar-refractivity contribution in [2.24, 2.45) is 0 Å². The number of hydrogen-bond acceptors (Lipinski definition) is 3. The predicted octanol–water partition coefficient (Wildman–Crippen LogP) is 3.17. The highest BCUT2D eigenvalue weighted by Crippen LogP contribution is 2.14. The van der Waals surface area contributed by atoms with Gasteiger partial charge in [-0.15, -0.1) is 0 Å². The molecule has 2 aromatic carbocycles. The Hall–Kier alpha value is -2.88. The van der Waals surface area contributed by atoms with E-state index < -0.39 is 0 Å². The molecule has 22 heavy (non-hydrogen) atoms. The fourth-order valence-corrected chi connectivity index (χ4v) is 2.26. The van der Waals surface area contributed by atoms with Gasteiger partial charge in [0.25, 0.3) is 5.91 Å². The van der Waals surface area contributed by atoms with Gasteiger partial charge in [0, 0.05) is 23.7 Å². The second-order valence-electron chi connectivity index (χ2n) is 4.95. The first-order valence-corrected chi connectivity index (χ1v) is 7.02. The molecule has 0 aliphatic rings. The van der Waals surface area contributed by atoms with Crippen LogP contribution in [0.1, 0.15) is 15.9 Å². The molecule has 1 heterocycles. The lowest BCUT2D eigenvalue weighted by Gasteiger charge is -2.07. The third kappa shape index (κ3) is 3.06. The molecule has 0 spiro atoms. The molecule has 4 nitrogen and oxygen atoms in total. The van der Waals surface area contributed by atoms with Gasteiger partial charge in [-0.2, -0.15) is 0 Å². The van der Waals surface area contributed by atoms with Crippen LogP contribution in [-0.2, 0) is 6.54 Å². The van der Waals surface area contributed by atoms with Crippen molar-refractivity contribution >= 4 is 16.8 Å². The molecule has 0 fully saturated rings. The van der Waals surface area contributed by atoms with Gasteiger partial charge < -0.3 is 10.1 Å². The molecule has 0 saturated carbocycles. The molecule has 0 radical (unpaired) electrons. The van der Waals surface area contributed by atoms with Crippen molar-refractivity contribution in [1.29, 1.82) is 0 Å². The summed E-state index contributed by atoms with van der Waals surface area (Å²) in [5.41, 5.74) is 2.49. The molecule has 1 aromatic heterocycles. The number of methoxy groups -OCH3 is 1. The van der Waals surface area contributed by atoms with Crippen LogP contribution >= 0.6 is 0 Å². The van der Waals surface area contributed by atoms with E-state index >= 15 is 0 Å². The van der Waals surface area contributed by atoms with E-state index in [9.17, 15) is 4.79 Å². The number of aromatic nitrogens is 1. The zero-order chi connectivity index (χ0) is 15.4. The van der Waals surface area contributed by atoms with Gasteiger partial charge in [-0.25, -0.2) is 0 Å². The molecule has 0 unspecified atom stereocenters. The molecular weight excluding hydrogens is 276 g/mol. The molecule has 3 aromatic rings. The van der Waals surface area contributed by atoms with Gasteiger partial charge in [-0.3, -0.25) is 9.78 Å². The minimum Gasteiger partial charge on any atom is -0.497 e. The van der Waals surface area contributed by atoms with Gasteiger partial charge in [-0.1, -0.05) is 24.3 Å². The van der Waals surface area contributed by atoms with Gasteiger partial charge in [0.05, 0.1) is 12.6 Å². The first kappa shape index (κ1) is 14.1. The van der Waals surface area contributed by atoms with Crippen molar-refractivity contribution in [2.45, 2.75) is 6.54 Å². The molecular formula is C18H16N2O2. The summed E-state index contributed by atoms with van der Waals surface area (Å²) in [7, 11) is 1.58. The number of nitrogens with zero attached hydrogens (tertiary/aromatic N) is 1. The zero-order valence-electron chi connectivity index (χ0n) is 12.2. The largest absolute Gasteiger partial charge is 0.497 e. The summed E-state index contributed by atoms with van der Waals surface area (Å²) >= 11 is 0. The van der Waals surface area contributed by atoms with Gasteiger partial charge in [0.15, 0.2) is 0 Å². The Labute approximate surface area is 128 Å². The summed E-state index contributed by atoms with van der Waals surface area (Å²) < 4.78 is 5.13. The average molecular weight is 292 g/mol. The topological polar surface area (TPSA) is 51.2 Å². The first-order chi connectivity index (χ1) is 10.8. The minimum atomic E-state index is -0.132. The Morgan fingerprint density at radius 1 is 1.14 bits per heavy atom. The van der Waals surface area contributed by atoms with Crippen LogP contribution < -0.4 is 10.1 Å². The second-order valence-corrected chi connectivity index (χ2v) is 4.95. The van der Waals surface area contributed by atoms with Crippen LogP contribution in [0.2, 0.25) is 0 Å². The van der Waals surface area contributed by atoms with Gasteiger partial charge in [0.2, 0.25) is 0 Å². The lowest BCUT2D eigenvalue weighted by molar-refractivity contribution is 0.0950. The van der Waals surface area contributed by atoms with E-state index in [1.807, 2.05) is 36.4 Å². The maximum Gasteiger partial charge on any atom is 0.251 e. The maximum absolute atomic E-state index is 12.2. The van der Waals surface area contributed by atoms with E-state index in [2.05, 4.69) is 10.3 Å². The number of carbonyl (C=O) groups is 1. The van der Waals surface area contributed by atoms with Crippen LogP contribution in [-0.4, -0.2) is 18.0 Å². The Morgan fingerprint density at radius 2 is 2.00 bits per heavy atom. The number of amides is 1. The van der Waals surface area contributed by atoms with Crippen molar-refractivity contribution in [3.63, 3.8) is 0 Å². The van der Waals surface area contributed by atoms with Crippen molar-refractivity contribution in [2.75, 3.05) is 7.11 Å². The van der Waals surface area contributed by atoms with E-state index in [0.717, 1.165) is 16.5 Å². The molecule has 3 rings (SSSR count). The zero-order valence-corrected chi connectivity index (χ0v) is 12.2. The standard InChI is InChI=1S/C18H16N2O2/c1-22-16-7-4-6-15(10-16)18(21)20-12-13-9-14-5-2-3-8-17(14)19-11-13/h2-11H,12H2,1H3,(H,20,21). The number of hydrogen-bond donors (Lipinski definition) is 1. The lowest BCUT2D eigenvalue weighted by Crippen LogP contribution is -2.22. The number of benzene rings is 2. The normalized spacial score (nSPS) is 10.4. The second kappa shape index (κ2) is 6.26. The molecule has 0 aliphatic carbocycles. The molecule has 4 heteroatoms. The third-order valence-corrected chi connectivity index (χ3v) is 3.43. The Bertz CT molecular complexity index is 815. The SMILES string of the molecule is COc1cccc(C(=O)NCc2cnc3ccccc3c2)c1. The summed E-state index contributed by atoms with van der Waals surface area (Å²) in [5, 5.41) is 3.96. The number of carbonyl (C=O) groups excluding carboxylic acids is 1. The van der Waals surface area contributed by atoms with Gasteiger partial charge in [-0.05, 0) is 35.9 Å². The van der Waals surface area contributed by atoms with Crippen LogP contribution in [0.4, 0.5) is 0 Å². The van der Waals surface area contributed by atoms with E-state index in [-0.39, 0.29) is 5.91 Å². The summed E-state index contributed by atoms with van der Waals surface area (Å²) in [6.45, 7) is 0.438. The van der Waals surface area contributed by atoms with E-state index in [1.54, 1.807) is 31.5 Å². The van der Waals surface area contributed by atoms with Gasteiger partial charge in [0.1, 0.15) is 5.75 Å². The van der Waals surface area contributed by atoms with Crippen LogP contribution in [0.15, 0.2) is 60.8 Å². The number of para-hydroxylation sites is 1. The van der Waals surface area contributed by atoms with Crippen LogP contribution in [0.5, 0.6) is 5.75 Å². The quantitative estimate of drug-likeness (QED) is 0.803. The maximum atomic E-state index is 12.2. The minimum absolute atomic E-state index is 0.132. The van der Waals surface area contributed by atoms with Crippen LogP contribution in [0.25, 0.3) is 10.9 Å². The third-order valence-electron chi connectivity index (χ3n) is 3.43. The van der Waals surface area contributed by atoms with Crippen molar-refractivity contribution < 1.29 is 9.53 Å².